The lowest BCUT2D eigenvalue weighted by molar-refractivity contribution is -0.158. The number of nitrogens with zero attached hydrogens (tertiary/aromatic N) is 1. The van der Waals surface area contributed by atoms with Gasteiger partial charge in [0.25, 0.3) is 5.56 Å². The third-order valence-electron chi connectivity index (χ3n) is 6.04. The SMILES string of the molecule is C#C[C@]1(COCc2ccccc2)OC(n2cc(C)c(=O)[nH]c2=O)[C@H](OC(C)=O)[C@@H]1OCc1ccccc1. The molecule has 0 spiro atoms. The van der Waals surface area contributed by atoms with E-state index in [0.717, 1.165) is 15.7 Å². The molecule has 0 bridgehead atoms. The van der Waals surface area contributed by atoms with Crippen LogP contribution >= 0.6 is 0 Å². The highest BCUT2D eigenvalue weighted by molar-refractivity contribution is 5.66. The number of ether oxygens (including phenoxy) is 4. The van der Waals surface area contributed by atoms with Crippen LogP contribution in [0.2, 0.25) is 0 Å². The Morgan fingerprint density at radius 2 is 1.70 bits per heavy atom. The normalized spacial score (nSPS) is 22.9. The molecule has 0 radical (unpaired) electrons. The highest BCUT2D eigenvalue weighted by atomic mass is 16.6. The van der Waals surface area contributed by atoms with E-state index in [-0.39, 0.29) is 25.4 Å². The van der Waals surface area contributed by atoms with Crippen molar-refractivity contribution in [3.8, 4) is 12.3 Å². The molecule has 1 unspecified atom stereocenters. The zero-order valence-corrected chi connectivity index (χ0v) is 20.6. The molecule has 1 aliphatic rings. The monoisotopic (exact) mass is 504 g/mol. The predicted octanol–water partition coefficient (Wildman–Crippen LogP) is 2.48. The third kappa shape index (κ3) is 5.89. The van der Waals surface area contributed by atoms with Crippen LogP contribution in [0.5, 0.6) is 0 Å². The molecule has 37 heavy (non-hydrogen) atoms. The summed E-state index contributed by atoms with van der Waals surface area (Å²) in [6.07, 6.45) is 4.07. The molecule has 4 atom stereocenters. The Labute approximate surface area is 214 Å². The van der Waals surface area contributed by atoms with Crippen molar-refractivity contribution >= 4 is 5.97 Å². The van der Waals surface area contributed by atoms with Crippen molar-refractivity contribution in [3.05, 3.63) is 104 Å². The minimum Gasteiger partial charge on any atom is -0.455 e. The van der Waals surface area contributed by atoms with Crippen LogP contribution in [-0.2, 0) is 37.0 Å². The summed E-state index contributed by atoms with van der Waals surface area (Å²) in [5.74, 6) is 2.04. The lowest BCUT2D eigenvalue weighted by atomic mass is 9.96. The van der Waals surface area contributed by atoms with Crippen molar-refractivity contribution in [3.63, 3.8) is 0 Å². The minimum absolute atomic E-state index is 0.108. The number of nitrogens with one attached hydrogen (secondary N) is 1. The summed E-state index contributed by atoms with van der Waals surface area (Å²) in [5, 5.41) is 0. The van der Waals surface area contributed by atoms with Gasteiger partial charge in [-0.1, -0.05) is 66.6 Å². The number of aromatic amines is 1. The molecule has 1 saturated heterocycles. The molecule has 1 N–H and O–H groups in total. The van der Waals surface area contributed by atoms with Crippen LogP contribution in [0.3, 0.4) is 0 Å². The van der Waals surface area contributed by atoms with E-state index in [1.165, 1.54) is 13.1 Å². The van der Waals surface area contributed by atoms with Crippen LogP contribution in [-0.4, -0.2) is 39.9 Å². The molecule has 0 saturated carbocycles. The lowest BCUT2D eigenvalue weighted by Crippen LogP contribution is -2.48. The fourth-order valence-electron chi connectivity index (χ4n) is 4.22. The summed E-state index contributed by atoms with van der Waals surface area (Å²) in [4.78, 5) is 39.1. The van der Waals surface area contributed by atoms with E-state index in [0.29, 0.717) is 0 Å². The molecule has 9 heteroatoms. The fraction of sp³-hybridized carbons (Fsp3) is 0.321. The molecule has 0 aliphatic carbocycles. The quantitative estimate of drug-likeness (QED) is 0.352. The van der Waals surface area contributed by atoms with Gasteiger partial charge in [0.15, 0.2) is 17.9 Å². The summed E-state index contributed by atoms with van der Waals surface area (Å²) >= 11 is 0. The van der Waals surface area contributed by atoms with E-state index in [4.69, 9.17) is 25.4 Å². The van der Waals surface area contributed by atoms with Crippen molar-refractivity contribution in [1.82, 2.24) is 9.55 Å². The van der Waals surface area contributed by atoms with Crippen LogP contribution < -0.4 is 11.2 Å². The van der Waals surface area contributed by atoms with E-state index in [2.05, 4.69) is 10.9 Å². The highest BCUT2D eigenvalue weighted by Gasteiger charge is 2.58. The highest BCUT2D eigenvalue weighted by Crippen LogP contribution is 2.41. The van der Waals surface area contributed by atoms with E-state index in [1.807, 2.05) is 60.7 Å². The minimum atomic E-state index is -1.52. The molecular formula is C28H28N2O7. The molecule has 0 amide bonds. The fourth-order valence-corrected chi connectivity index (χ4v) is 4.22. The van der Waals surface area contributed by atoms with Gasteiger partial charge in [-0.25, -0.2) is 4.79 Å². The number of aromatic nitrogens is 2. The van der Waals surface area contributed by atoms with Gasteiger partial charge in [0.1, 0.15) is 6.10 Å². The van der Waals surface area contributed by atoms with Gasteiger partial charge in [0, 0.05) is 18.7 Å². The van der Waals surface area contributed by atoms with Crippen molar-refractivity contribution < 1.29 is 23.7 Å². The van der Waals surface area contributed by atoms with Crippen molar-refractivity contribution in [2.24, 2.45) is 0 Å². The Balaban J connectivity index is 1.71. The number of carbonyl (C=O) groups excluding carboxylic acids is 1. The van der Waals surface area contributed by atoms with E-state index >= 15 is 0 Å². The molecule has 2 heterocycles. The zero-order valence-electron chi connectivity index (χ0n) is 20.6. The number of benzene rings is 2. The van der Waals surface area contributed by atoms with Crippen molar-refractivity contribution in [2.45, 2.75) is 51.1 Å². The Morgan fingerprint density at radius 1 is 1.08 bits per heavy atom. The molecule has 2 aromatic carbocycles. The summed E-state index contributed by atoms with van der Waals surface area (Å²) in [6, 6.07) is 18.9. The number of terminal acetylenes is 1. The standard InChI is InChI=1S/C28H28N2O7/c1-4-28(18-34-16-21-11-7-5-8-12-21)24(35-17-22-13-9-6-10-14-22)23(36-20(3)31)26(37-28)30-15-19(2)25(32)29-27(30)33/h1,5-15,23-24,26H,16-18H2,2-3H3,(H,29,32,33)/t23-,24+,26?,28-/m1/s1. The first-order valence-electron chi connectivity index (χ1n) is 11.7. The summed E-state index contributed by atoms with van der Waals surface area (Å²) < 4.78 is 25.3. The van der Waals surface area contributed by atoms with Crippen LogP contribution in [0, 0.1) is 19.3 Å². The van der Waals surface area contributed by atoms with E-state index < -0.39 is 41.3 Å². The number of aryl methyl sites for hydroxylation is 1. The van der Waals surface area contributed by atoms with E-state index in [1.54, 1.807) is 6.92 Å². The van der Waals surface area contributed by atoms with Crippen LogP contribution in [0.25, 0.3) is 0 Å². The molecule has 1 aromatic heterocycles. The number of esters is 1. The molecule has 1 fully saturated rings. The molecule has 3 aromatic rings. The number of hydrogen-bond donors (Lipinski definition) is 1. The second kappa shape index (κ2) is 11.4. The Bertz CT molecular complexity index is 1380. The Kier molecular flexibility index (Phi) is 8.04. The van der Waals surface area contributed by atoms with Gasteiger partial charge >= 0.3 is 11.7 Å². The van der Waals surface area contributed by atoms with Gasteiger partial charge in [0.2, 0.25) is 0 Å². The van der Waals surface area contributed by atoms with Crippen molar-refractivity contribution in [1.29, 1.82) is 0 Å². The zero-order chi connectivity index (χ0) is 26.4. The number of carbonyl (C=O) groups is 1. The van der Waals surface area contributed by atoms with Gasteiger partial charge in [-0.15, -0.1) is 6.42 Å². The second-order valence-electron chi connectivity index (χ2n) is 8.79. The first kappa shape index (κ1) is 26.1. The molecule has 192 valence electrons. The number of hydrogen-bond acceptors (Lipinski definition) is 7. The Morgan fingerprint density at radius 3 is 2.30 bits per heavy atom. The summed E-state index contributed by atoms with van der Waals surface area (Å²) in [6.45, 7) is 3.07. The van der Waals surface area contributed by atoms with Crippen LogP contribution in [0.15, 0.2) is 76.4 Å². The maximum absolute atomic E-state index is 12.8. The second-order valence-corrected chi connectivity index (χ2v) is 8.79. The predicted molar refractivity (Wildman–Crippen MR) is 134 cm³/mol. The van der Waals surface area contributed by atoms with Crippen molar-refractivity contribution in [2.75, 3.05) is 6.61 Å². The molecular weight excluding hydrogens is 476 g/mol. The Hall–Kier alpha value is -3.97. The van der Waals surface area contributed by atoms with Gasteiger partial charge in [0.05, 0.1) is 19.8 Å². The lowest BCUT2D eigenvalue weighted by Gasteiger charge is -2.30. The summed E-state index contributed by atoms with van der Waals surface area (Å²) in [7, 11) is 0. The number of rotatable bonds is 9. The maximum atomic E-state index is 12.8. The number of H-pyrrole nitrogens is 1. The maximum Gasteiger partial charge on any atom is 0.330 e. The molecule has 4 rings (SSSR count). The summed E-state index contributed by atoms with van der Waals surface area (Å²) in [5.41, 5.74) is -0.731. The van der Waals surface area contributed by atoms with E-state index in [9.17, 15) is 14.4 Å². The van der Waals surface area contributed by atoms with Crippen LogP contribution in [0.4, 0.5) is 0 Å². The molecule has 1 aliphatic heterocycles. The average Bonchev–Trinajstić information content (AvgIpc) is 3.18. The van der Waals surface area contributed by atoms with Crippen LogP contribution in [0.1, 0.15) is 29.8 Å². The topological polar surface area (TPSA) is 109 Å². The average molecular weight is 505 g/mol. The third-order valence-corrected chi connectivity index (χ3v) is 6.04. The van der Waals surface area contributed by atoms with Gasteiger partial charge in [-0.3, -0.25) is 19.1 Å². The van der Waals surface area contributed by atoms with Gasteiger partial charge < -0.3 is 18.9 Å². The first-order valence-corrected chi connectivity index (χ1v) is 11.7. The smallest absolute Gasteiger partial charge is 0.330 e. The largest absolute Gasteiger partial charge is 0.455 e. The first-order chi connectivity index (χ1) is 17.8. The van der Waals surface area contributed by atoms with Gasteiger partial charge in [-0.05, 0) is 18.1 Å². The molecule has 9 nitrogen and oxygen atoms in total. The van der Waals surface area contributed by atoms with Gasteiger partial charge in [-0.2, -0.15) is 0 Å².